The Balaban J connectivity index is 1.80. The molecule has 0 fully saturated rings. The Morgan fingerprint density at radius 3 is 2.52 bits per heavy atom. The molecule has 0 radical (unpaired) electrons. The van der Waals surface area contributed by atoms with Gasteiger partial charge < -0.3 is 14.2 Å². The molecular formula is C23H28N2O2. The van der Waals surface area contributed by atoms with Gasteiger partial charge in [-0.1, -0.05) is 30.3 Å². The van der Waals surface area contributed by atoms with Crippen LogP contribution in [0.3, 0.4) is 0 Å². The first-order valence-corrected chi connectivity index (χ1v) is 9.76. The number of nitrogens with zero attached hydrogens (tertiary/aromatic N) is 2. The highest BCUT2D eigenvalue weighted by Gasteiger charge is 2.41. The van der Waals surface area contributed by atoms with Crippen LogP contribution >= 0.6 is 0 Å². The maximum Gasteiger partial charge on any atom is 0.336 e. The minimum absolute atomic E-state index is 0.0451. The van der Waals surface area contributed by atoms with Crippen LogP contribution in [0.4, 0.5) is 0 Å². The highest BCUT2D eigenvalue weighted by Crippen LogP contribution is 2.46. The second-order valence-electron chi connectivity index (χ2n) is 8.54. The van der Waals surface area contributed by atoms with E-state index in [4.69, 9.17) is 4.74 Å². The summed E-state index contributed by atoms with van der Waals surface area (Å²) in [5.74, 6) is -0.142. The third kappa shape index (κ3) is 3.29. The summed E-state index contributed by atoms with van der Waals surface area (Å²) in [4.78, 5) is 15.6. The van der Waals surface area contributed by atoms with Crippen molar-refractivity contribution in [3.63, 3.8) is 0 Å². The second-order valence-corrected chi connectivity index (χ2v) is 8.54. The van der Waals surface area contributed by atoms with Gasteiger partial charge in [0.1, 0.15) is 5.60 Å². The lowest BCUT2D eigenvalue weighted by Gasteiger charge is -2.46. The molecule has 2 aliphatic heterocycles. The molecule has 0 saturated heterocycles. The normalized spacial score (nSPS) is 22.3. The van der Waals surface area contributed by atoms with Crippen molar-refractivity contribution in [3.05, 3.63) is 71.2 Å². The second kappa shape index (κ2) is 6.59. The number of hydrogen-bond acceptors (Lipinski definition) is 3. The molecule has 0 unspecified atom stereocenters. The van der Waals surface area contributed by atoms with Crippen LogP contribution in [0.15, 0.2) is 59.9 Å². The van der Waals surface area contributed by atoms with E-state index in [0.717, 1.165) is 30.8 Å². The van der Waals surface area contributed by atoms with Gasteiger partial charge in [-0.2, -0.15) is 0 Å². The van der Waals surface area contributed by atoms with Crippen molar-refractivity contribution in [2.75, 3.05) is 6.54 Å². The lowest BCUT2D eigenvalue weighted by Crippen LogP contribution is -2.42. The monoisotopic (exact) mass is 364 g/mol. The largest absolute Gasteiger partial charge is 0.457 e. The lowest BCUT2D eigenvalue weighted by molar-refractivity contribution is -0.150. The molecule has 0 bridgehead atoms. The molecule has 2 atom stereocenters. The Morgan fingerprint density at radius 2 is 1.81 bits per heavy atom. The van der Waals surface area contributed by atoms with Crippen molar-refractivity contribution < 1.29 is 9.53 Å². The summed E-state index contributed by atoms with van der Waals surface area (Å²) >= 11 is 0. The number of rotatable bonds is 2. The molecule has 0 N–H and O–H groups in total. The topological polar surface area (TPSA) is 34.5 Å². The minimum Gasteiger partial charge on any atom is -0.457 e. The minimum atomic E-state index is -0.501. The van der Waals surface area contributed by atoms with Gasteiger partial charge in [-0.25, -0.2) is 4.79 Å². The zero-order chi connectivity index (χ0) is 19.2. The fourth-order valence-corrected chi connectivity index (χ4v) is 4.47. The molecule has 3 heterocycles. The number of esters is 1. The predicted octanol–water partition coefficient (Wildman–Crippen LogP) is 4.65. The first-order valence-electron chi connectivity index (χ1n) is 9.76. The first-order chi connectivity index (χ1) is 12.8. The molecule has 142 valence electrons. The third-order valence-electron chi connectivity index (χ3n) is 5.61. The van der Waals surface area contributed by atoms with Crippen molar-refractivity contribution in [1.82, 2.24) is 9.47 Å². The maximum atomic E-state index is 13.2. The molecular weight excluding hydrogens is 336 g/mol. The van der Waals surface area contributed by atoms with E-state index < -0.39 is 5.60 Å². The fraction of sp³-hybridized carbons (Fsp3) is 0.435. The average Bonchev–Trinajstić information content (AvgIpc) is 3.09. The Hall–Kier alpha value is -2.49. The van der Waals surface area contributed by atoms with Crippen LogP contribution in [0.2, 0.25) is 0 Å². The zero-order valence-electron chi connectivity index (χ0n) is 16.6. The molecule has 4 nitrogen and oxygen atoms in total. The summed E-state index contributed by atoms with van der Waals surface area (Å²) in [6, 6.07) is 15.0. The summed E-state index contributed by atoms with van der Waals surface area (Å²) in [5.41, 5.74) is 3.89. The number of carbonyl (C=O) groups is 1. The van der Waals surface area contributed by atoms with Crippen LogP contribution in [0.5, 0.6) is 0 Å². The fourth-order valence-electron chi connectivity index (χ4n) is 4.47. The highest BCUT2D eigenvalue weighted by atomic mass is 16.6. The van der Waals surface area contributed by atoms with Gasteiger partial charge in [0.05, 0.1) is 11.6 Å². The van der Waals surface area contributed by atoms with Crippen LogP contribution in [0, 0.1) is 0 Å². The molecule has 1 aromatic heterocycles. The summed E-state index contributed by atoms with van der Waals surface area (Å²) in [5, 5.41) is 0. The van der Waals surface area contributed by atoms with Crippen molar-refractivity contribution in [2.24, 2.45) is 0 Å². The summed E-state index contributed by atoms with van der Waals surface area (Å²) in [7, 11) is 0. The summed E-state index contributed by atoms with van der Waals surface area (Å²) < 4.78 is 8.15. The number of hydrogen-bond donors (Lipinski definition) is 0. The molecule has 27 heavy (non-hydrogen) atoms. The van der Waals surface area contributed by atoms with E-state index in [1.165, 1.54) is 11.3 Å². The average molecular weight is 364 g/mol. The highest BCUT2D eigenvalue weighted by molar-refractivity contribution is 5.91. The zero-order valence-corrected chi connectivity index (χ0v) is 16.6. The quantitative estimate of drug-likeness (QED) is 0.728. The Bertz CT molecular complexity index is 873. The van der Waals surface area contributed by atoms with E-state index in [1.54, 1.807) is 0 Å². The van der Waals surface area contributed by atoms with Gasteiger partial charge in [-0.15, -0.1) is 0 Å². The molecule has 0 amide bonds. The van der Waals surface area contributed by atoms with Gasteiger partial charge in [-0.05, 0) is 51.8 Å². The number of aromatic nitrogens is 1. The SMILES string of the molecule is CC1=C(C(=O)OC(C)(C)C)[C@H](c2ccccc2)C[C@@H]2c3cccn3CCN12. The van der Waals surface area contributed by atoms with Gasteiger partial charge in [-0.3, -0.25) is 0 Å². The molecule has 0 spiro atoms. The first kappa shape index (κ1) is 17.9. The van der Waals surface area contributed by atoms with Crippen molar-refractivity contribution in [2.45, 2.75) is 58.2 Å². The van der Waals surface area contributed by atoms with E-state index >= 15 is 0 Å². The number of carbonyl (C=O) groups excluding carboxylic acids is 1. The van der Waals surface area contributed by atoms with E-state index in [2.05, 4.69) is 46.9 Å². The van der Waals surface area contributed by atoms with Crippen LogP contribution in [-0.4, -0.2) is 27.6 Å². The number of benzene rings is 1. The van der Waals surface area contributed by atoms with Crippen LogP contribution in [0.1, 0.15) is 57.3 Å². The van der Waals surface area contributed by atoms with Gasteiger partial charge in [0.15, 0.2) is 0 Å². The van der Waals surface area contributed by atoms with Gasteiger partial charge in [0.25, 0.3) is 0 Å². The summed E-state index contributed by atoms with van der Waals surface area (Å²) in [6.07, 6.45) is 3.05. The maximum absolute atomic E-state index is 13.2. The molecule has 2 aliphatic rings. The number of fused-ring (bicyclic) bond motifs is 3. The Labute approximate surface area is 161 Å². The number of ether oxygens (including phenoxy) is 1. The number of allylic oxidation sites excluding steroid dienone is 1. The van der Waals surface area contributed by atoms with Crippen LogP contribution in [0.25, 0.3) is 0 Å². The standard InChI is InChI=1S/C23H28N2O2/c1-16-21(22(26)27-23(2,3)4)18(17-9-6-5-7-10-17)15-20-19-11-8-12-24(19)13-14-25(16)20/h5-12,18,20H,13-15H2,1-4H3/t18-,20+/m0/s1. The molecule has 0 aliphatic carbocycles. The van der Waals surface area contributed by atoms with Gasteiger partial charge in [0.2, 0.25) is 0 Å². The van der Waals surface area contributed by atoms with E-state index in [1.807, 2.05) is 39.0 Å². The van der Waals surface area contributed by atoms with Crippen molar-refractivity contribution in [3.8, 4) is 0 Å². The molecule has 4 heteroatoms. The van der Waals surface area contributed by atoms with E-state index in [-0.39, 0.29) is 11.9 Å². The third-order valence-corrected chi connectivity index (χ3v) is 5.61. The van der Waals surface area contributed by atoms with Crippen LogP contribution < -0.4 is 0 Å². The Morgan fingerprint density at radius 1 is 1.07 bits per heavy atom. The lowest BCUT2D eigenvalue weighted by atomic mass is 9.79. The predicted molar refractivity (Wildman–Crippen MR) is 106 cm³/mol. The molecule has 0 saturated carbocycles. The van der Waals surface area contributed by atoms with E-state index in [9.17, 15) is 4.79 Å². The van der Waals surface area contributed by atoms with Gasteiger partial charge in [0, 0.05) is 36.6 Å². The van der Waals surface area contributed by atoms with Gasteiger partial charge >= 0.3 is 5.97 Å². The molecule has 4 rings (SSSR count). The van der Waals surface area contributed by atoms with E-state index in [0.29, 0.717) is 6.04 Å². The summed E-state index contributed by atoms with van der Waals surface area (Å²) in [6.45, 7) is 9.74. The van der Waals surface area contributed by atoms with Crippen LogP contribution in [-0.2, 0) is 16.1 Å². The Kier molecular flexibility index (Phi) is 4.37. The van der Waals surface area contributed by atoms with Crippen molar-refractivity contribution >= 4 is 5.97 Å². The molecule has 2 aromatic rings. The van der Waals surface area contributed by atoms with Crippen molar-refractivity contribution in [1.29, 1.82) is 0 Å². The smallest absolute Gasteiger partial charge is 0.336 e. The molecule has 1 aromatic carbocycles.